The van der Waals surface area contributed by atoms with Gasteiger partial charge in [-0.15, -0.1) is 0 Å². The number of hydrogen-bond donors (Lipinski definition) is 2. The van der Waals surface area contributed by atoms with Gasteiger partial charge in [-0.3, -0.25) is 9.89 Å². The zero-order valence-corrected chi connectivity index (χ0v) is 17.8. The lowest BCUT2D eigenvalue weighted by molar-refractivity contribution is 0.0888. The molecular weight excluding hydrogens is 340 g/mol. The third-order valence-corrected chi connectivity index (χ3v) is 6.04. The molecule has 0 radical (unpaired) electrons. The summed E-state index contributed by atoms with van der Waals surface area (Å²) in [5, 5.41) is 7.01. The van der Waals surface area contributed by atoms with Crippen molar-refractivity contribution in [3.8, 4) is 0 Å². The minimum absolute atomic E-state index is 0.597. The summed E-state index contributed by atoms with van der Waals surface area (Å²) >= 11 is 0. The van der Waals surface area contributed by atoms with Gasteiger partial charge in [0.05, 0.1) is 13.2 Å². The maximum absolute atomic E-state index is 5.77. The quantitative estimate of drug-likeness (QED) is 0.309. The van der Waals surface area contributed by atoms with Gasteiger partial charge in [0, 0.05) is 45.3 Å². The Morgan fingerprint density at radius 2 is 2.00 bits per heavy atom. The van der Waals surface area contributed by atoms with E-state index in [0.717, 1.165) is 64.2 Å². The van der Waals surface area contributed by atoms with Crippen molar-refractivity contribution in [2.75, 3.05) is 59.7 Å². The van der Waals surface area contributed by atoms with Gasteiger partial charge >= 0.3 is 0 Å². The molecule has 2 aliphatic rings. The standard InChI is InChI=1S/C21H42N4O2/c1-4-19(5-2)20(25-11-6-7-12-25)15-24-21(22-3)23-10-8-13-26-16-18-9-14-27-17-18/h18-20H,4-17H2,1-3H3,(H2,22,23,24). The molecule has 2 N–H and O–H groups in total. The van der Waals surface area contributed by atoms with Crippen LogP contribution in [0, 0.1) is 11.8 Å². The first-order chi connectivity index (χ1) is 13.3. The van der Waals surface area contributed by atoms with Crippen LogP contribution >= 0.6 is 0 Å². The number of hydrogen-bond acceptors (Lipinski definition) is 4. The van der Waals surface area contributed by atoms with Crippen LogP contribution in [0.4, 0.5) is 0 Å². The number of aliphatic imine (C=N–C) groups is 1. The molecule has 2 aliphatic heterocycles. The summed E-state index contributed by atoms with van der Waals surface area (Å²) in [7, 11) is 1.86. The van der Waals surface area contributed by atoms with Crippen LogP contribution in [0.15, 0.2) is 4.99 Å². The zero-order valence-electron chi connectivity index (χ0n) is 17.8. The molecule has 0 saturated carbocycles. The van der Waals surface area contributed by atoms with Crippen LogP contribution in [-0.2, 0) is 9.47 Å². The molecule has 0 spiro atoms. The highest BCUT2D eigenvalue weighted by atomic mass is 16.5. The lowest BCUT2D eigenvalue weighted by Crippen LogP contribution is -2.49. The molecule has 2 fully saturated rings. The predicted octanol–water partition coefficient (Wildman–Crippen LogP) is 2.50. The van der Waals surface area contributed by atoms with E-state index in [1.165, 1.54) is 38.8 Å². The van der Waals surface area contributed by atoms with E-state index in [4.69, 9.17) is 9.47 Å². The first kappa shape index (κ1) is 22.4. The second-order valence-electron chi connectivity index (χ2n) is 7.92. The van der Waals surface area contributed by atoms with E-state index >= 15 is 0 Å². The Kier molecular flexibility index (Phi) is 11.1. The van der Waals surface area contributed by atoms with Gasteiger partial charge in [-0.25, -0.2) is 0 Å². The Morgan fingerprint density at radius 3 is 2.63 bits per heavy atom. The lowest BCUT2D eigenvalue weighted by Gasteiger charge is -2.34. The molecule has 2 heterocycles. The Morgan fingerprint density at radius 1 is 1.22 bits per heavy atom. The first-order valence-corrected chi connectivity index (χ1v) is 11.1. The number of nitrogens with one attached hydrogen (secondary N) is 2. The molecule has 6 heteroatoms. The number of ether oxygens (including phenoxy) is 2. The molecule has 0 bridgehead atoms. The number of guanidine groups is 1. The van der Waals surface area contributed by atoms with Crippen LogP contribution < -0.4 is 10.6 Å². The molecular formula is C21H42N4O2. The average Bonchev–Trinajstić information content (AvgIpc) is 3.40. The highest BCUT2D eigenvalue weighted by Gasteiger charge is 2.27. The van der Waals surface area contributed by atoms with E-state index < -0.39 is 0 Å². The summed E-state index contributed by atoms with van der Waals surface area (Å²) in [6.07, 6.45) is 7.32. The van der Waals surface area contributed by atoms with Crippen molar-refractivity contribution in [3.63, 3.8) is 0 Å². The Balaban J connectivity index is 1.63. The fraction of sp³-hybridized carbons (Fsp3) is 0.952. The molecule has 2 rings (SSSR count). The molecule has 2 saturated heterocycles. The van der Waals surface area contributed by atoms with Gasteiger partial charge < -0.3 is 20.1 Å². The molecule has 2 atom stereocenters. The third-order valence-electron chi connectivity index (χ3n) is 6.04. The number of likely N-dealkylation sites (tertiary alicyclic amines) is 1. The topological polar surface area (TPSA) is 58.1 Å². The second kappa shape index (κ2) is 13.3. The van der Waals surface area contributed by atoms with Gasteiger partial charge in [-0.05, 0) is 44.7 Å². The van der Waals surface area contributed by atoms with E-state index in [0.29, 0.717) is 12.0 Å². The molecule has 0 aromatic rings. The van der Waals surface area contributed by atoms with Crippen LogP contribution in [0.1, 0.15) is 52.4 Å². The molecule has 0 aromatic heterocycles. The van der Waals surface area contributed by atoms with Gasteiger partial charge in [0.25, 0.3) is 0 Å². The summed E-state index contributed by atoms with van der Waals surface area (Å²) in [6.45, 7) is 12.4. The number of nitrogens with zero attached hydrogens (tertiary/aromatic N) is 2. The van der Waals surface area contributed by atoms with Crippen LogP contribution in [0.25, 0.3) is 0 Å². The maximum atomic E-state index is 5.77. The SMILES string of the molecule is CCC(CC)C(CNC(=NC)NCCCOCC1CCOC1)N1CCCC1. The first-order valence-electron chi connectivity index (χ1n) is 11.1. The smallest absolute Gasteiger partial charge is 0.191 e. The van der Waals surface area contributed by atoms with Crippen molar-refractivity contribution in [3.05, 3.63) is 0 Å². The van der Waals surface area contributed by atoms with E-state index in [1.807, 2.05) is 7.05 Å². The maximum Gasteiger partial charge on any atom is 0.191 e. The summed E-state index contributed by atoms with van der Waals surface area (Å²) < 4.78 is 11.1. The zero-order chi connectivity index (χ0) is 19.3. The van der Waals surface area contributed by atoms with Gasteiger partial charge in [0.1, 0.15) is 0 Å². The normalized spacial score (nSPS) is 22.5. The largest absolute Gasteiger partial charge is 0.381 e. The summed E-state index contributed by atoms with van der Waals surface area (Å²) in [5.74, 6) is 2.26. The van der Waals surface area contributed by atoms with Gasteiger partial charge in [0.2, 0.25) is 0 Å². The minimum atomic E-state index is 0.597. The summed E-state index contributed by atoms with van der Waals surface area (Å²) in [5.41, 5.74) is 0. The predicted molar refractivity (Wildman–Crippen MR) is 112 cm³/mol. The third kappa shape index (κ3) is 7.96. The van der Waals surface area contributed by atoms with Crippen molar-refractivity contribution < 1.29 is 9.47 Å². The van der Waals surface area contributed by atoms with Crippen LogP contribution in [0.3, 0.4) is 0 Å². The molecule has 2 unspecified atom stereocenters. The summed E-state index contributed by atoms with van der Waals surface area (Å²) in [4.78, 5) is 7.08. The fourth-order valence-corrected chi connectivity index (χ4v) is 4.27. The fourth-order valence-electron chi connectivity index (χ4n) is 4.27. The lowest BCUT2D eigenvalue weighted by atomic mass is 9.93. The van der Waals surface area contributed by atoms with Crippen molar-refractivity contribution in [1.82, 2.24) is 15.5 Å². The second-order valence-corrected chi connectivity index (χ2v) is 7.92. The van der Waals surface area contributed by atoms with Gasteiger partial charge in [-0.1, -0.05) is 26.7 Å². The van der Waals surface area contributed by atoms with Crippen LogP contribution in [-0.4, -0.2) is 76.6 Å². The molecule has 0 amide bonds. The van der Waals surface area contributed by atoms with Crippen LogP contribution in [0.5, 0.6) is 0 Å². The molecule has 158 valence electrons. The van der Waals surface area contributed by atoms with Gasteiger partial charge in [0.15, 0.2) is 5.96 Å². The van der Waals surface area contributed by atoms with Crippen molar-refractivity contribution in [1.29, 1.82) is 0 Å². The van der Waals surface area contributed by atoms with E-state index in [-0.39, 0.29) is 0 Å². The van der Waals surface area contributed by atoms with Crippen molar-refractivity contribution in [2.24, 2.45) is 16.8 Å². The average molecular weight is 383 g/mol. The molecule has 6 nitrogen and oxygen atoms in total. The molecule has 0 aliphatic carbocycles. The van der Waals surface area contributed by atoms with E-state index in [9.17, 15) is 0 Å². The molecule has 27 heavy (non-hydrogen) atoms. The Labute approximate surface area is 166 Å². The Bertz CT molecular complexity index is 401. The molecule has 0 aromatic carbocycles. The van der Waals surface area contributed by atoms with Crippen molar-refractivity contribution in [2.45, 2.75) is 58.4 Å². The van der Waals surface area contributed by atoms with Crippen molar-refractivity contribution >= 4 is 5.96 Å². The van der Waals surface area contributed by atoms with E-state index in [1.54, 1.807) is 0 Å². The van der Waals surface area contributed by atoms with E-state index in [2.05, 4.69) is 34.4 Å². The minimum Gasteiger partial charge on any atom is -0.381 e. The number of rotatable bonds is 12. The van der Waals surface area contributed by atoms with Gasteiger partial charge in [-0.2, -0.15) is 0 Å². The Hall–Kier alpha value is -0.850. The highest BCUT2D eigenvalue weighted by molar-refractivity contribution is 5.79. The monoisotopic (exact) mass is 382 g/mol. The van der Waals surface area contributed by atoms with Crippen LogP contribution in [0.2, 0.25) is 0 Å². The highest BCUT2D eigenvalue weighted by Crippen LogP contribution is 2.22. The summed E-state index contributed by atoms with van der Waals surface area (Å²) in [6, 6.07) is 0.609.